The summed E-state index contributed by atoms with van der Waals surface area (Å²) >= 11 is 0. The highest BCUT2D eigenvalue weighted by Gasteiger charge is 2.20. The van der Waals surface area contributed by atoms with Crippen LogP contribution in [0, 0.1) is 11.8 Å². The Labute approximate surface area is 183 Å². The Hall–Kier alpha value is -2.28. The van der Waals surface area contributed by atoms with Crippen LogP contribution in [0.1, 0.15) is 53.4 Å². The molecule has 11 N–H and O–H groups in total. The SMILES string of the molecule is CC(C)CC(N)C(=O)O.CC(C)CC(N)C(=O)O.NCC(=O)O.O=C(O)[C@@H]1CCCN1. The molecule has 1 saturated heterocycles. The third kappa shape index (κ3) is 25.7. The molecular weight excluding hydrogens is 412 g/mol. The lowest BCUT2D eigenvalue weighted by atomic mass is 10.1. The Morgan fingerprint density at radius 3 is 1.32 bits per heavy atom. The van der Waals surface area contributed by atoms with Crippen LogP contribution in [0.25, 0.3) is 0 Å². The fourth-order valence-electron chi connectivity index (χ4n) is 2.11. The molecule has 0 aromatic heterocycles. The van der Waals surface area contributed by atoms with Crippen molar-refractivity contribution in [3.8, 4) is 0 Å². The van der Waals surface area contributed by atoms with E-state index in [1.807, 2.05) is 27.7 Å². The zero-order chi connectivity index (χ0) is 25.1. The van der Waals surface area contributed by atoms with E-state index in [9.17, 15) is 19.2 Å². The summed E-state index contributed by atoms with van der Waals surface area (Å²) < 4.78 is 0. The van der Waals surface area contributed by atoms with Gasteiger partial charge in [0.1, 0.15) is 18.1 Å². The lowest BCUT2D eigenvalue weighted by molar-refractivity contribution is -0.139. The fraction of sp³-hybridized carbons (Fsp3) is 0.789. The summed E-state index contributed by atoms with van der Waals surface area (Å²) in [7, 11) is 0. The predicted octanol–water partition coefficient (Wildman–Crippen LogP) is -0.258. The van der Waals surface area contributed by atoms with E-state index in [-0.39, 0.29) is 12.6 Å². The van der Waals surface area contributed by atoms with E-state index in [1.165, 1.54) is 0 Å². The normalized spacial score (nSPS) is 16.5. The zero-order valence-electron chi connectivity index (χ0n) is 18.8. The molecule has 1 heterocycles. The first-order chi connectivity index (χ1) is 14.1. The second-order valence-corrected chi connectivity index (χ2v) is 7.73. The molecule has 31 heavy (non-hydrogen) atoms. The third-order valence-electron chi connectivity index (χ3n) is 3.62. The van der Waals surface area contributed by atoms with Crippen molar-refractivity contribution in [2.24, 2.45) is 29.0 Å². The van der Waals surface area contributed by atoms with Crippen LogP contribution in [-0.2, 0) is 19.2 Å². The maximum atomic E-state index is 10.1. The first-order valence-corrected chi connectivity index (χ1v) is 10.00. The van der Waals surface area contributed by atoms with Crippen molar-refractivity contribution in [1.29, 1.82) is 0 Å². The molecule has 0 bridgehead atoms. The Morgan fingerprint density at radius 1 is 0.871 bits per heavy atom. The second-order valence-electron chi connectivity index (χ2n) is 7.73. The quantitative estimate of drug-likeness (QED) is 0.237. The van der Waals surface area contributed by atoms with Gasteiger partial charge in [-0.25, -0.2) is 0 Å². The summed E-state index contributed by atoms with van der Waals surface area (Å²) in [6.45, 7) is 8.37. The van der Waals surface area contributed by atoms with Gasteiger partial charge in [0.2, 0.25) is 0 Å². The minimum Gasteiger partial charge on any atom is -0.480 e. The number of aliphatic carboxylic acids is 4. The largest absolute Gasteiger partial charge is 0.480 e. The Kier molecular flexibility index (Phi) is 21.2. The molecule has 3 atom stereocenters. The molecule has 184 valence electrons. The van der Waals surface area contributed by atoms with Crippen LogP contribution < -0.4 is 22.5 Å². The van der Waals surface area contributed by atoms with Gasteiger partial charge in [0.15, 0.2) is 0 Å². The van der Waals surface area contributed by atoms with E-state index in [0.717, 1.165) is 19.4 Å². The van der Waals surface area contributed by atoms with Crippen LogP contribution in [0.15, 0.2) is 0 Å². The van der Waals surface area contributed by atoms with Gasteiger partial charge in [-0.2, -0.15) is 0 Å². The van der Waals surface area contributed by atoms with Crippen LogP contribution in [0.3, 0.4) is 0 Å². The molecule has 1 aliphatic heterocycles. The van der Waals surface area contributed by atoms with Gasteiger partial charge < -0.3 is 42.9 Å². The molecule has 0 aromatic carbocycles. The van der Waals surface area contributed by atoms with Crippen molar-refractivity contribution in [2.75, 3.05) is 13.1 Å². The lowest BCUT2D eigenvalue weighted by Crippen LogP contribution is -2.31. The number of carboxylic acid groups (broad SMARTS) is 4. The maximum absolute atomic E-state index is 10.1. The van der Waals surface area contributed by atoms with Crippen LogP contribution in [0.5, 0.6) is 0 Å². The fourth-order valence-corrected chi connectivity index (χ4v) is 2.11. The molecular formula is C19H40N4O8. The lowest BCUT2D eigenvalue weighted by Gasteiger charge is -2.07. The summed E-state index contributed by atoms with van der Waals surface area (Å²) in [4.78, 5) is 39.6. The summed E-state index contributed by atoms with van der Waals surface area (Å²) in [5.74, 6) is -2.80. The van der Waals surface area contributed by atoms with Crippen LogP contribution in [0.2, 0.25) is 0 Å². The number of nitrogens with one attached hydrogen (secondary N) is 1. The Balaban J connectivity index is -0.000000344. The molecule has 1 rings (SSSR count). The first-order valence-electron chi connectivity index (χ1n) is 10.00. The summed E-state index contributed by atoms with van der Waals surface area (Å²) in [5.41, 5.74) is 15.0. The average molecular weight is 453 g/mol. The van der Waals surface area contributed by atoms with Crippen molar-refractivity contribution in [1.82, 2.24) is 5.32 Å². The van der Waals surface area contributed by atoms with Crippen molar-refractivity contribution in [3.63, 3.8) is 0 Å². The van der Waals surface area contributed by atoms with Gasteiger partial charge in [-0.05, 0) is 44.1 Å². The average Bonchev–Trinajstić information content (AvgIpc) is 3.17. The molecule has 1 fully saturated rings. The molecule has 12 heteroatoms. The number of hydrogen-bond acceptors (Lipinski definition) is 8. The highest BCUT2D eigenvalue weighted by Crippen LogP contribution is 2.03. The summed E-state index contributed by atoms with van der Waals surface area (Å²) in [5, 5.41) is 35.4. The van der Waals surface area contributed by atoms with E-state index < -0.39 is 36.0 Å². The molecule has 0 aliphatic carbocycles. The van der Waals surface area contributed by atoms with Crippen LogP contribution >= 0.6 is 0 Å². The molecule has 2 unspecified atom stereocenters. The topological polar surface area (TPSA) is 239 Å². The van der Waals surface area contributed by atoms with E-state index in [1.54, 1.807) is 0 Å². The van der Waals surface area contributed by atoms with Crippen molar-refractivity contribution in [2.45, 2.75) is 71.5 Å². The highest BCUT2D eigenvalue weighted by atomic mass is 16.4. The Morgan fingerprint density at radius 2 is 1.23 bits per heavy atom. The van der Waals surface area contributed by atoms with Gasteiger partial charge in [-0.15, -0.1) is 0 Å². The van der Waals surface area contributed by atoms with Gasteiger partial charge in [-0.3, -0.25) is 19.2 Å². The molecule has 0 spiro atoms. The predicted molar refractivity (Wildman–Crippen MR) is 115 cm³/mol. The standard InChI is InChI=1S/2C6H13NO2.C5H9NO2.C2H5NO2/c2*1-4(2)3-5(7)6(8)9;7-5(8)4-2-1-3-6-4;3-1-2(4)5/h2*4-5H,3,7H2,1-2H3,(H,8,9);4,6H,1-3H2,(H,7,8);1,3H2,(H,4,5)/t;;4-;/m..0./s1. The van der Waals surface area contributed by atoms with E-state index in [0.29, 0.717) is 24.7 Å². The van der Waals surface area contributed by atoms with Gasteiger partial charge in [-0.1, -0.05) is 27.7 Å². The molecule has 0 radical (unpaired) electrons. The van der Waals surface area contributed by atoms with Gasteiger partial charge >= 0.3 is 23.9 Å². The second kappa shape index (κ2) is 19.7. The van der Waals surface area contributed by atoms with Gasteiger partial charge in [0, 0.05) is 0 Å². The maximum Gasteiger partial charge on any atom is 0.320 e. The first kappa shape index (κ1) is 33.4. The third-order valence-corrected chi connectivity index (χ3v) is 3.62. The molecule has 0 saturated carbocycles. The molecule has 0 amide bonds. The smallest absolute Gasteiger partial charge is 0.320 e. The van der Waals surface area contributed by atoms with Crippen molar-refractivity contribution in [3.05, 3.63) is 0 Å². The van der Waals surface area contributed by atoms with E-state index >= 15 is 0 Å². The molecule has 12 nitrogen and oxygen atoms in total. The van der Waals surface area contributed by atoms with Crippen LogP contribution in [-0.4, -0.2) is 75.5 Å². The van der Waals surface area contributed by atoms with Gasteiger partial charge in [0.25, 0.3) is 0 Å². The zero-order valence-corrected chi connectivity index (χ0v) is 18.8. The molecule has 0 aromatic rings. The van der Waals surface area contributed by atoms with Gasteiger partial charge in [0.05, 0.1) is 6.54 Å². The van der Waals surface area contributed by atoms with E-state index in [4.69, 9.17) is 31.9 Å². The Bertz CT molecular complexity index is 497. The number of carbonyl (C=O) groups is 4. The monoisotopic (exact) mass is 452 g/mol. The minimum atomic E-state index is -0.968. The number of nitrogens with two attached hydrogens (primary N) is 3. The molecule has 1 aliphatic rings. The van der Waals surface area contributed by atoms with Crippen LogP contribution in [0.4, 0.5) is 0 Å². The highest BCUT2D eigenvalue weighted by molar-refractivity contribution is 5.74. The summed E-state index contributed by atoms with van der Waals surface area (Å²) in [6, 6.07) is -1.65. The minimum absolute atomic E-state index is 0.269. The number of carboxylic acids is 4. The summed E-state index contributed by atoms with van der Waals surface area (Å²) in [6.07, 6.45) is 2.89. The van der Waals surface area contributed by atoms with E-state index in [2.05, 4.69) is 11.1 Å². The van der Waals surface area contributed by atoms with Crippen molar-refractivity contribution < 1.29 is 39.6 Å². The number of hydrogen-bond donors (Lipinski definition) is 8. The van der Waals surface area contributed by atoms with Crippen molar-refractivity contribution >= 4 is 23.9 Å². The number of rotatable bonds is 8.